The van der Waals surface area contributed by atoms with Crippen molar-refractivity contribution in [2.45, 2.75) is 42.6 Å². The quantitative estimate of drug-likeness (QED) is 0.806. The van der Waals surface area contributed by atoms with Crippen molar-refractivity contribution in [3.05, 3.63) is 34.9 Å². The molecule has 1 aliphatic carbocycles. The van der Waals surface area contributed by atoms with E-state index in [9.17, 15) is 0 Å². The summed E-state index contributed by atoms with van der Waals surface area (Å²) in [6.07, 6.45) is 4.96. The average Bonchev–Trinajstić information content (AvgIpc) is 3.08. The second kappa shape index (κ2) is 5.92. The average molecular weight is 295 g/mol. The molecule has 0 aliphatic heterocycles. The number of halogens is 1. The molecular formula is C13H15ClN4S. The van der Waals surface area contributed by atoms with Crippen LogP contribution in [0.4, 0.5) is 0 Å². The monoisotopic (exact) mass is 294 g/mol. The lowest BCUT2D eigenvalue weighted by Crippen LogP contribution is -2.08. The molecule has 1 aromatic carbocycles. The first-order valence-corrected chi connectivity index (χ1v) is 7.84. The Morgan fingerprint density at radius 2 is 1.95 bits per heavy atom. The van der Waals surface area contributed by atoms with Crippen LogP contribution in [0.2, 0.25) is 5.02 Å². The lowest BCUT2D eigenvalue weighted by atomic mass is 10.2. The van der Waals surface area contributed by atoms with Gasteiger partial charge in [0.1, 0.15) is 0 Å². The third-order valence-electron chi connectivity index (χ3n) is 3.41. The topological polar surface area (TPSA) is 43.6 Å². The Bertz CT molecular complexity index is 534. The van der Waals surface area contributed by atoms with E-state index < -0.39 is 0 Å². The molecular weight excluding hydrogens is 280 g/mol. The van der Waals surface area contributed by atoms with Crippen molar-refractivity contribution in [1.29, 1.82) is 0 Å². The lowest BCUT2D eigenvalue weighted by molar-refractivity contribution is 0.423. The molecule has 0 amide bonds. The fourth-order valence-corrected chi connectivity index (χ4v) is 3.41. The summed E-state index contributed by atoms with van der Waals surface area (Å²) < 4.78 is 1.99. The molecule has 0 saturated heterocycles. The Balaban J connectivity index is 1.66. The van der Waals surface area contributed by atoms with Crippen LogP contribution in [0.1, 0.15) is 37.3 Å². The third-order valence-corrected chi connectivity index (χ3v) is 4.67. The molecule has 0 unspecified atom stereocenters. The molecule has 2 aromatic rings. The van der Waals surface area contributed by atoms with Crippen molar-refractivity contribution in [1.82, 2.24) is 20.2 Å². The Morgan fingerprint density at radius 1 is 1.21 bits per heavy atom. The van der Waals surface area contributed by atoms with E-state index in [-0.39, 0.29) is 0 Å². The molecule has 6 heteroatoms. The van der Waals surface area contributed by atoms with E-state index in [1.165, 1.54) is 31.2 Å². The number of hydrogen-bond donors (Lipinski definition) is 0. The van der Waals surface area contributed by atoms with Crippen LogP contribution >= 0.6 is 23.4 Å². The van der Waals surface area contributed by atoms with E-state index in [2.05, 4.69) is 15.5 Å². The summed E-state index contributed by atoms with van der Waals surface area (Å²) in [4.78, 5) is 0. The largest absolute Gasteiger partial charge is 0.217 e. The highest BCUT2D eigenvalue weighted by Gasteiger charge is 2.21. The number of tetrazole rings is 1. The van der Waals surface area contributed by atoms with Crippen LogP contribution in [0.15, 0.2) is 29.4 Å². The summed E-state index contributed by atoms with van der Waals surface area (Å²) in [5, 5.41) is 13.8. The summed E-state index contributed by atoms with van der Waals surface area (Å²) >= 11 is 7.56. The fraction of sp³-hybridized carbons (Fsp3) is 0.462. The van der Waals surface area contributed by atoms with Crippen molar-refractivity contribution in [2.75, 3.05) is 0 Å². The van der Waals surface area contributed by atoms with Gasteiger partial charge in [-0.25, -0.2) is 4.68 Å². The molecule has 0 atom stereocenters. The molecule has 0 spiro atoms. The molecule has 1 fully saturated rings. The predicted octanol–water partition coefficient (Wildman–Crippen LogP) is 3.73. The van der Waals surface area contributed by atoms with Crippen molar-refractivity contribution in [3.8, 4) is 0 Å². The maximum absolute atomic E-state index is 5.88. The van der Waals surface area contributed by atoms with Gasteiger partial charge < -0.3 is 0 Å². The Labute approximate surface area is 121 Å². The summed E-state index contributed by atoms with van der Waals surface area (Å²) in [5.74, 6) is 0.865. The summed E-state index contributed by atoms with van der Waals surface area (Å²) in [7, 11) is 0. The van der Waals surface area contributed by atoms with Gasteiger partial charge in [-0.15, -0.1) is 5.10 Å². The molecule has 1 aromatic heterocycles. The van der Waals surface area contributed by atoms with E-state index in [0.717, 1.165) is 15.9 Å². The SMILES string of the molecule is Clc1ccc(CSc2nnnn2C2CCCC2)cc1. The van der Waals surface area contributed by atoms with Crippen LogP contribution in [0.3, 0.4) is 0 Å². The normalized spacial score (nSPS) is 16.1. The Kier molecular flexibility index (Phi) is 4.03. The molecule has 0 N–H and O–H groups in total. The first-order valence-electron chi connectivity index (χ1n) is 6.48. The van der Waals surface area contributed by atoms with Crippen LogP contribution in [0, 0.1) is 0 Å². The van der Waals surface area contributed by atoms with Gasteiger partial charge >= 0.3 is 0 Å². The van der Waals surface area contributed by atoms with Gasteiger partial charge in [0.05, 0.1) is 6.04 Å². The Morgan fingerprint density at radius 3 is 2.68 bits per heavy atom. The first kappa shape index (κ1) is 12.9. The standard InChI is InChI=1S/C13H15ClN4S/c14-11-7-5-10(6-8-11)9-19-13-15-16-17-18(13)12-3-1-2-4-12/h5-8,12H,1-4,9H2. The molecule has 100 valence electrons. The predicted molar refractivity (Wildman–Crippen MR) is 76.3 cm³/mol. The van der Waals surface area contributed by atoms with E-state index in [4.69, 9.17) is 11.6 Å². The number of thioether (sulfide) groups is 1. The minimum absolute atomic E-state index is 0.489. The molecule has 1 saturated carbocycles. The smallest absolute Gasteiger partial charge is 0.209 e. The summed E-state index contributed by atoms with van der Waals surface area (Å²) in [6, 6.07) is 8.40. The van der Waals surface area contributed by atoms with Crippen LogP contribution in [-0.4, -0.2) is 20.2 Å². The van der Waals surface area contributed by atoms with Crippen LogP contribution < -0.4 is 0 Å². The molecule has 1 heterocycles. The first-order chi connectivity index (χ1) is 9.33. The van der Waals surface area contributed by atoms with E-state index >= 15 is 0 Å². The molecule has 3 rings (SSSR count). The van der Waals surface area contributed by atoms with E-state index in [1.54, 1.807) is 11.8 Å². The van der Waals surface area contributed by atoms with Gasteiger partial charge in [-0.2, -0.15) is 0 Å². The highest BCUT2D eigenvalue weighted by Crippen LogP contribution is 2.32. The lowest BCUT2D eigenvalue weighted by Gasteiger charge is -2.10. The van der Waals surface area contributed by atoms with Gasteiger partial charge in [0, 0.05) is 10.8 Å². The number of rotatable bonds is 4. The van der Waals surface area contributed by atoms with Gasteiger partial charge in [-0.1, -0.05) is 48.3 Å². The van der Waals surface area contributed by atoms with Crippen molar-refractivity contribution in [2.24, 2.45) is 0 Å². The van der Waals surface area contributed by atoms with E-state index in [0.29, 0.717) is 6.04 Å². The highest BCUT2D eigenvalue weighted by atomic mass is 35.5. The van der Waals surface area contributed by atoms with Crippen molar-refractivity contribution in [3.63, 3.8) is 0 Å². The second-order valence-electron chi connectivity index (χ2n) is 4.76. The van der Waals surface area contributed by atoms with Crippen LogP contribution in [0.25, 0.3) is 0 Å². The highest BCUT2D eigenvalue weighted by molar-refractivity contribution is 7.98. The molecule has 4 nitrogen and oxygen atoms in total. The molecule has 1 aliphatic rings. The number of nitrogens with zero attached hydrogens (tertiary/aromatic N) is 4. The minimum atomic E-state index is 0.489. The van der Waals surface area contributed by atoms with Gasteiger partial charge in [0.25, 0.3) is 0 Å². The third kappa shape index (κ3) is 3.09. The fourth-order valence-electron chi connectivity index (χ4n) is 2.39. The van der Waals surface area contributed by atoms with E-state index in [1.807, 2.05) is 28.9 Å². The van der Waals surface area contributed by atoms with Crippen molar-refractivity contribution >= 4 is 23.4 Å². The molecule has 19 heavy (non-hydrogen) atoms. The number of aromatic nitrogens is 4. The maximum atomic E-state index is 5.88. The maximum Gasteiger partial charge on any atom is 0.209 e. The molecule has 0 bridgehead atoms. The summed E-state index contributed by atoms with van der Waals surface area (Å²) in [5.41, 5.74) is 1.23. The van der Waals surface area contributed by atoms with Crippen molar-refractivity contribution < 1.29 is 0 Å². The van der Waals surface area contributed by atoms with Gasteiger partial charge in [0.15, 0.2) is 0 Å². The summed E-state index contributed by atoms with van der Waals surface area (Å²) in [6.45, 7) is 0. The second-order valence-corrected chi connectivity index (χ2v) is 6.14. The number of benzene rings is 1. The van der Waals surface area contributed by atoms with Gasteiger partial charge in [0.2, 0.25) is 5.16 Å². The van der Waals surface area contributed by atoms with Crippen LogP contribution in [-0.2, 0) is 5.75 Å². The van der Waals surface area contributed by atoms with Crippen LogP contribution in [0.5, 0.6) is 0 Å². The zero-order chi connectivity index (χ0) is 13.1. The Hall–Kier alpha value is -1.07. The minimum Gasteiger partial charge on any atom is -0.217 e. The van der Waals surface area contributed by atoms with Gasteiger partial charge in [-0.3, -0.25) is 0 Å². The molecule has 0 radical (unpaired) electrons. The zero-order valence-electron chi connectivity index (χ0n) is 10.5. The van der Waals surface area contributed by atoms with Gasteiger partial charge in [-0.05, 0) is 41.0 Å². The number of hydrogen-bond acceptors (Lipinski definition) is 4. The zero-order valence-corrected chi connectivity index (χ0v) is 12.1.